The van der Waals surface area contributed by atoms with Crippen LogP contribution in [0.25, 0.3) is 0 Å². The van der Waals surface area contributed by atoms with Crippen molar-refractivity contribution in [3.63, 3.8) is 0 Å². The summed E-state index contributed by atoms with van der Waals surface area (Å²) in [5.74, 6) is 0. The van der Waals surface area contributed by atoms with E-state index in [1.54, 1.807) is 5.57 Å². The number of hydrogen-bond acceptors (Lipinski definition) is 2. The number of thiol groups is 1. The van der Waals surface area contributed by atoms with Crippen molar-refractivity contribution in [1.29, 1.82) is 0 Å². The number of allylic oxidation sites excluding steroid dienone is 5. The summed E-state index contributed by atoms with van der Waals surface area (Å²) in [5, 5.41) is 0. The van der Waals surface area contributed by atoms with Gasteiger partial charge < -0.3 is 0 Å². The van der Waals surface area contributed by atoms with Crippen LogP contribution in [-0.4, -0.2) is 17.4 Å². The van der Waals surface area contributed by atoms with Crippen LogP contribution < -0.4 is 0 Å². The van der Waals surface area contributed by atoms with Gasteiger partial charge in [0.05, 0.1) is 0 Å². The molecule has 0 aromatic carbocycles. The summed E-state index contributed by atoms with van der Waals surface area (Å²) in [7, 11) is 0. The quantitative estimate of drug-likeness (QED) is 0.563. The van der Waals surface area contributed by atoms with E-state index < -0.39 is 0 Å². The summed E-state index contributed by atoms with van der Waals surface area (Å²) in [6, 6.07) is 0. The Bertz CT molecular complexity index is 266. The molecule has 0 aliphatic carbocycles. The minimum atomic E-state index is 1.07. The van der Waals surface area contributed by atoms with E-state index in [9.17, 15) is 0 Å². The lowest BCUT2D eigenvalue weighted by molar-refractivity contribution is 0.439. The summed E-state index contributed by atoms with van der Waals surface area (Å²) >= 11 is 4.35. The third-order valence-corrected chi connectivity index (χ3v) is 2.95. The molecule has 0 amide bonds. The van der Waals surface area contributed by atoms with Crippen LogP contribution in [0.2, 0.25) is 0 Å². The van der Waals surface area contributed by atoms with Gasteiger partial charge in [0.25, 0.3) is 0 Å². The fraction of sp³-hybridized carbons (Fsp3) is 0.538. The molecular formula is C13H21NS. The van der Waals surface area contributed by atoms with Crippen LogP contribution in [0.15, 0.2) is 35.5 Å². The zero-order valence-electron chi connectivity index (χ0n) is 9.74. The van der Waals surface area contributed by atoms with Gasteiger partial charge >= 0.3 is 0 Å². The first kappa shape index (κ1) is 12.6. The Morgan fingerprint density at radius 3 is 2.60 bits per heavy atom. The Morgan fingerprint density at radius 2 is 2.07 bits per heavy atom. The van der Waals surface area contributed by atoms with Crippen molar-refractivity contribution in [1.82, 2.24) is 4.31 Å². The van der Waals surface area contributed by atoms with Gasteiger partial charge in [-0.1, -0.05) is 49.6 Å². The van der Waals surface area contributed by atoms with Crippen LogP contribution in [0.3, 0.4) is 0 Å². The fourth-order valence-corrected chi connectivity index (χ4v) is 1.97. The summed E-state index contributed by atoms with van der Waals surface area (Å²) in [6.45, 7) is 6.39. The highest BCUT2D eigenvalue weighted by Gasteiger charge is 2.10. The SMILES string of the molecule is C/C=C\C(C=C1CCN(S)CC1)=C/CC. The first-order chi connectivity index (χ1) is 7.26. The highest BCUT2D eigenvalue weighted by atomic mass is 32.1. The van der Waals surface area contributed by atoms with E-state index in [0.717, 1.165) is 32.4 Å². The molecule has 0 unspecified atom stereocenters. The molecule has 1 fully saturated rings. The van der Waals surface area contributed by atoms with Crippen molar-refractivity contribution < 1.29 is 0 Å². The van der Waals surface area contributed by atoms with Gasteiger partial charge in [-0.15, -0.1) is 0 Å². The van der Waals surface area contributed by atoms with Crippen molar-refractivity contribution in [3.05, 3.63) is 35.5 Å². The molecule has 15 heavy (non-hydrogen) atoms. The van der Waals surface area contributed by atoms with Crippen LogP contribution in [0, 0.1) is 0 Å². The van der Waals surface area contributed by atoms with Gasteiger partial charge in [-0.3, -0.25) is 4.31 Å². The van der Waals surface area contributed by atoms with E-state index in [4.69, 9.17) is 0 Å². The average Bonchev–Trinajstić information content (AvgIpc) is 2.22. The van der Waals surface area contributed by atoms with Crippen LogP contribution in [0.4, 0.5) is 0 Å². The van der Waals surface area contributed by atoms with Crippen LogP contribution in [-0.2, 0) is 0 Å². The molecule has 0 saturated carbocycles. The lowest BCUT2D eigenvalue weighted by Gasteiger charge is -2.22. The minimum Gasteiger partial charge on any atom is -0.253 e. The highest BCUT2D eigenvalue weighted by Crippen LogP contribution is 2.19. The monoisotopic (exact) mass is 223 g/mol. The number of nitrogens with zero attached hydrogens (tertiary/aromatic N) is 1. The predicted octanol–water partition coefficient (Wildman–Crippen LogP) is 3.77. The topological polar surface area (TPSA) is 3.24 Å². The normalized spacial score (nSPS) is 19.9. The van der Waals surface area contributed by atoms with Crippen molar-refractivity contribution in [2.75, 3.05) is 13.1 Å². The van der Waals surface area contributed by atoms with Gasteiger partial charge in [-0.25, -0.2) is 0 Å². The van der Waals surface area contributed by atoms with Crippen molar-refractivity contribution in [2.45, 2.75) is 33.1 Å². The lowest BCUT2D eigenvalue weighted by Crippen LogP contribution is -2.21. The van der Waals surface area contributed by atoms with E-state index in [2.05, 4.69) is 55.3 Å². The van der Waals surface area contributed by atoms with E-state index >= 15 is 0 Å². The fourth-order valence-electron chi connectivity index (χ4n) is 1.77. The molecule has 0 bridgehead atoms. The molecule has 1 heterocycles. The summed E-state index contributed by atoms with van der Waals surface area (Å²) in [6.07, 6.45) is 12.3. The third-order valence-electron chi connectivity index (χ3n) is 2.55. The molecule has 0 N–H and O–H groups in total. The molecule has 1 aliphatic rings. The van der Waals surface area contributed by atoms with Gasteiger partial charge in [0.15, 0.2) is 0 Å². The molecule has 1 aliphatic heterocycles. The van der Waals surface area contributed by atoms with Gasteiger partial charge in [0, 0.05) is 13.1 Å². The minimum absolute atomic E-state index is 1.07. The molecular weight excluding hydrogens is 202 g/mol. The van der Waals surface area contributed by atoms with Gasteiger partial charge in [-0.2, -0.15) is 0 Å². The average molecular weight is 223 g/mol. The van der Waals surface area contributed by atoms with Gasteiger partial charge in [0.1, 0.15) is 0 Å². The molecule has 1 rings (SSSR count). The lowest BCUT2D eigenvalue weighted by atomic mass is 10.0. The third kappa shape index (κ3) is 4.72. The van der Waals surface area contributed by atoms with Crippen molar-refractivity contribution in [3.8, 4) is 0 Å². The van der Waals surface area contributed by atoms with E-state index in [1.165, 1.54) is 5.57 Å². The number of rotatable bonds is 3. The smallest absolute Gasteiger partial charge is 0.0124 e. The zero-order chi connectivity index (χ0) is 11.1. The molecule has 0 aromatic heterocycles. The molecule has 84 valence electrons. The second-order valence-electron chi connectivity index (χ2n) is 3.87. The predicted molar refractivity (Wildman–Crippen MR) is 71.1 cm³/mol. The molecule has 1 nitrogen and oxygen atoms in total. The van der Waals surface area contributed by atoms with Gasteiger partial charge in [-0.05, 0) is 31.8 Å². The maximum atomic E-state index is 4.35. The van der Waals surface area contributed by atoms with E-state index in [-0.39, 0.29) is 0 Å². The Labute approximate surface area is 99.1 Å². The number of piperidine rings is 1. The summed E-state index contributed by atoms with van der Waals surface area (Å²) in [4.78, 5) is 0. The standard InChI is InChI=1S/C13H21NS/c1-3-5-12(6-4-2)11-13-7-9-14(15)10-8-13/h3,5-6,11,15H,4,7-10H2,1-2H3/b5-3-,12-6+. The molecule has 0 atom stereocenters. The van der Waals surface area contributed by atoms with Crippen molar-refractivity contribution in [2.24, 2.45) is 0 Å². The first-order valence-electron chi connectivity index (χ1n) is 5.72. The van der Waals surface area contributed by atoms with Crippen LogP contribution >= 0.6 is 12.8 Å². The molecule has 0 spiro atoms. The maximum Gasteiger partial charge on any atom is 0.0124 e. The summed E-state index contributed by atoms with van der Waals surface area (Å²) in [5.41, 5.74) is 2.90. The van der Waals surface area contributed by atoms with Gasteiger partial charge in [0.2, 0.25) is 0 Å². The van der Waals surface area contributed by atoms with E-state index in [0.29, 0.717) is 0 Å². The highest BCUT2D eigenvalue weighted by molar-refractivity contribution is 7.77. The van der Waals surface area contributed by atoms with Crippen LogP contribution in [0.1, 0.15) is 33.1 Å². The van der Waals surface area contributed by atoms with Crippen molar-refractivity contribution >= 4 is 12.8 Å². The summed E-state index contributed by atoms with van der Waals surface area (Å²) < 4.78 is 2.09. The van der Waals surface area contributed by atoms with E-state index in [1.807, 2.05) is 0 Å². The molecule has 0 radical (unpaired) electrons. The Morgan fingerprint density at radius 1 is 1.40 bits per heavy atom. The largest absolute Gasteiger partial charge is 0.253 e. The first-order valence-corrected chi connectivity index (χ1v) is 6.12. The second-order valence-corrected chi connectivity index (χ2v) is 4.43. The van der Waals surface area contributed by atoms with Crippen LogP contribution in [0.5, 0.6) is 0 Å². The molecule has 0 aromatic rings. The number of hydrogen-bond donors (Lipinski definition) is 1. The Balaban J connectivity index is 2.63. The molecule has 2 heteroatoms. The second kappa shape index (κ2) is 6.91. The zero-order valence-corrected chi connectivity index (χ0v) is 10.6. The maximum absolute atomic E-state index is 4.35. The molecule has 1 saturated heterocycles. The Hall–Kier alpha value is -0.470. The Kier molecular flexibility index (Phi) is 5.81.